The molecule has 0 aliphatic carbocycles. The summed E-state index contributed by atoms with van der Waals surface area (Å²) in [5.41, 5.74) is 2.24. The third-order valence-corrected chi connectivity index (χ3v) is 4.43. The van der Waals surface area contributed by atoms with Crippen molar-refractivity contribution >= 4 is 23.6 Å². The molecule has 3 nitrogen and oxygen atoms in total. The first-order chi connectivity index (χ1) is 10.2. The molecule has 2 aromatic rings. The van der Waals surface area contributed by atoms with E-state index in [1.807, 2.05) is 25.1 Å². The summed E-state index contributed by atoms with van der Waals surface area (Å²) in [7, 11) is 0. The number of carbonyl (C=O) groups is 2. The highest BCUT2D eigenvalue weighted by Gasteiger charge is 2.34. The molecule has 1 aliphatic heterocycles. The van der Waals surface area contributed by atoms with E-state index in [-0.39, 0.29) is 11.8 Å². The number of hydrogen-bond donors (Lipinski definition) is 0. The Labute approximate surface area is 128 Å². The van der Waals surface area contributed by atoms with Gasteiger partial charge in [0.25, 0.3) is 11.8 Å². The molecule has 1 aliphatic rings. The molecule has 0 bridgehead atoms. The van der Waals surface area contributed by atoms with Gasteiger partial charge in [0.2, 0.25) is 0 Å². The summed E-state index contributed by atoms with van der Waals surface area (Å²) in [6.07, 6.45) is 0. The molecular formula is C17H15NO2S. The smallest absolute Gasteiger partial charge is 0.261 e. The minimum absolute atomic E-state index is 0.180. The van der Waals surface area contributed by atoms with E-state index in [2.05, 4.69) is 6.07 Å². The van der Waals surface area contributed by atoms with Crippen LogP contribution in [0.4, 0.5) is 0 Å². The number of carbonyl (C=O) groups excluding carboxylic acids is 2. The van der Waals surface area contributed by atoms with Crippen molar-refractivity contribution < 1.29 is 9.59 Å². The third-order valence-electron chi connectivity index (χ3n) is 3.45. The van der Waals surface area contributed by atoms with Crippen LogP contribution in [-0.4, -0.2) is 29.0 Å². The van der Waals surface area contributed by atoms with Gasteiger partial charge in [-0.15, -0.1) is 11.8 Å². The number of amides is 2. The second-order valence-corrected chi connectivity index (χ2v) is 6.14. The van der Waals surface area contributed by atoms with Crippen LogP contribution in [0.1, 0.15) is 26.3 Å². The van der Waals surface area contributed by atoms with E-state index in [4.69, 9.17) is 0 Å². The van der Waals surface area contributed by atoms with Crippen molar-refractivity contribution in [2.24, 2.45) is 0 Å². The fraction of sp³-hybridized carbons (Fsp3) is 0.176. The molecule has 3 rings (SSSR count). The maximum absolute atomic E-state index is 12.2. The van der Waals surface area contributed by atoms with Gasteiger partial charge in [0.1, 0.15) is 0 Å². The number of thioether (sulfide) groups is 1. The van der Waals surface area contributed by atoms with Gasteiger partial charge in [-0.05, 0) is 31.2 Å². The van der Waals surface area contributed by atoms with Crippen LogP contribution < -0.4 is 0 Å². The quantitative estimate of drug-likeness (QED) is 0.641. The SMILES string of the molecule is Cc1cccc(SCCN2C(=O)c3ccccc3C2=O)c1. The van der Waals surface area contributed by atoms with Gasteiger partial charge in [-0.3, -0.25) is 14.5 Å². The fourth-order valence-electron chi connectivity index (χ4n) is 2.40. The van der Waals surface area contributed by atoms with Gasteiger partial charge in [0, 0.05) is 17.2 Å². The van der Waals surface area contributed by atoms with E-state index < -0.39 is 0 Å². The minimum atomic E-state index is -0.180. The van der Waals surface area contributed by atoms with Crippen LogP contribution in [0.2, 0.25) is 0 Å². The predicted octanol–water partition coefficient (Wildman–Crippen LogP) is 3.38. The van der Waals surface area contributed by atoms with Gasteiger partial charge in [0.15, 0.2) is 0 Å². The Morgan fingerprint density at radius 3 is 2.24 bits per heavy atom. The van der Waals surface area contributed by atoms with Crippen molar-refractivity contribution in [2.45, 2.75) is 11.8 Å². The summed E-state index contributed by atoms with van der Waals surface area (Å²) in [6, 6.07) is 15.2. The van der Waals surface area contributed by atoms with Crippen LogP contribution in [0.5, 0.6) is 0 Å². The van der Waals surface area contributed by atoms with Crippen LogP contribution >= 0.6 is 11.8 Å². The van der Waals surface area contributed by atoms with E-state index in [0.29, 0.717) is 23.4 Å². The van der Waals surface area contributed by atoms with Gasteiger partial charge in [-0.25, -0.2) is 0 Å². The van der Waals surface area contributed by atoms with Gasteiger partial charge in [-0.2, -0.15) is 0 Å². The largest absolute Gasteiger partial charge is 0.273 e. The molecule has 4 heteroatoms. The molecule has 2 aromatic carbocycles. The average Bonchev–Trinajstić information content (AvgIpc) is 2.73. The number of imide groups is 1. The van der Waals surface area contributed by atoms with E-state index in [1.54, 1.807) is 36.0 Å². The molecule has 106 valence electrons. The molecule has 0 fully saturated rings. The molecule has 0 atom stereocenters. The Hall–Kier alpha value is -2.07. The molecule has 0 radical (unpaired) electrons. The van der Waals surface area contributed by atoms with Crippen LogP contribution in [0, 0.1) is 6.92 Å². The van der Waals surface area contributed by atoms with E-state index in [0.717, 1.165) is 4.90 Å². The van der Waals surface area contributed by atoms with Crippen molar-refractivity contribution in [1.82, 2.24) is 4.90 Å². The molecule has 0 aromatic heterocycles. The normalized spacial score (nSPS) is 13.7. The van der Waals surface area contributed by atoms with Crippen LogP contribution in [-0.2, 0) is 0 Å². The number of rotatable bonds is 4. The summed E-state index contributed by atoms with van der Waals surface area (Å²) in [6.45, 7) is 2.49. The molecule has 21 heavy (non-hydrogen) atoms. The van der Waals surface area contributed by atoms with Gasteiger partial charge in [-0.1, -0.05) is 29.8 Å². The van der Waals surface area contributed by atoms with Gasteiger partial charge < -0.3 is 0 Å². The van der Waals surface area contributed by atoms with E-state index in [9.17, 15) is 9.59 Å². The molecule has 0 saturated heterocycles. The zero-order valence-corrected chi connectivity index (χ0v) is 12.5. The standard InChI is InChI=1S/C17H15NO2S/c1-12-5-4-6-13(11-12)21-10-9-18-16(19)14-7-2-3-8-15(14)17(18)20/h2-8,11H,9-10H2,1H3. The highest BCUT2D eigenvalue weighted by molar-refractivity contribution is 7.99. The van der Waals surface area contributed by atoms with E-state index in [1.165, 1.54) is 10.5 Å². The second-order valence-electron chi connectivity index (χ2n) is 4.97. The minimum Gasteiger partial charge on any atom is -0.273 e. The summed E-state index contributed by atoms with van der Waals surface area (Å²) >= 11 is 1.66. The highest BCUT2D eigenvalue weighted by atomic mass is 32.2. The molecular weight excluding hydrogens is 282 g/mol. The molecule has 1 heterocycles. The lowest BCUT2D eigenvalue weighted by atomic mass is 10.1. The first-order valence-electron chi connectivity index (χ1n) is 6.81. The molecule has 0 unspecified atom stereocenters. The van der Waals surface area contributed by atoms with Crippen molar-refractivity contribution in [1.29, 1.82) is 0 Å². The number of benzene rings is 2. The Morgan fingerprint density at radius 2 is 1.62 bits per heavy atom. The summed E-state index contributed by atoms with van der Waals surface area (Å²) in [5, 5.41) is 0. The zero-order chi connectivity index (χ0) is 14.8. The van der Waals surface area contributed by atoms with Crippen molar-refractivity contribution in [2.75, 3.05) is 12.3 Å². The highest BCUT2D eigenvalue weighted by Crippen LogP contribution is 2.24. The lowest BCUT2D eigenvalue weighted by molar-refractivity contribution is 0.0664. The Morgan fingerprint density at radius 1 is 0.952 bits per heavy atom. The first kappa shape index (κ1) is 13.9. The van der Waals surface area contributed by atoms with E-state index >= 15 is 0 Å². The average molecular weight is 297 g/mol. The molecule has 0 N–H and O–H groups in total. The summed E-state index contributed by atoms with van der Waals surface area (Å²) in [4.78, 5) is 26.9. The van der Waals surface area contributed by atoms with Crippen LogP contribution in [0.3, 0.4) is 0 Å². The topological polar surface area (TPSA) is 37.4 Å². The lowest BCUT2D eigenvalue weighted by Gasteiger charge is -2.13. The number of hydrogen-bond acceptors (Lipinski definition) is 3. The predicted molar refractivity (Wildman–Crippen MR) is 83.7 cm³/mol. The Bertz CT molecular complexity index is 676. The second kappa shape index (κ2) is 5.74. The monoisotopic (exact) mass is 297 g/mol. The van der Waals surface area contributed by atoms with Crippen molar-refractivity contribution in [3.8, 4) is 0 Å². The zero-order valence-electron chi connectivity index (χ0n) is 11.7. The summed E-state index contributed by atoms with van der Waals surface area (Å²) in [5.74, 6) is 0.343. The number of fused-ring (bicyclic) bond motifs is 1. The van der Waals surface area contributed by atoms with Crippen molar-refractivity contribution in [3.05, 3.63) is 65.2 Å². The fourth-order valence-corrected chi connectivity index (χ4v) is 3.36. The van der Waals surface area contributed by atoms with Gasteiger partial charge >= 0.3 is 0 Å². The number of aryl methyl sites for hydroxylation is 1. The maximum atomic E-state index is 12.2. The Kier molecular flexibility index (Phi) is 3.80. The molecule has 0 spiro atoms. The lowest BCUT2D eigenvalue weighted by Crippen LogP contribution is -2.31. The molecule has 2 amide bonds. The summed E-state index contributed by atoms with van der Waals surface area (Å²) < 4.78 is 0. The van der Waals surface area contributed by atoms with Crippen LogP contribution in [0.15, 0.2) is 53.4 Å². The Balaban J connectivity index is 1.65. The van der Waals surface area contributed by atoms with Crippen molar-refractivity contribution in [3.63, 3.8) is 0 Å². The molecule has 0 saturated carbocycles. The van der Waals surface area contributed by atoms with Crippen LogP contribution in [0.25, 0.3) is 0 Å². The maximum Gasteiger partial charge on any atom is 0.261 e. The van der Waals surface area contributed by atoms with Gasteiger partial charge in [0.05, 0.1) is 11.1 Å². The first-order valence-corrected chi connectivity index (χ1v) is 7.80. The third kappa shape index (κ3) is 2.72. The number of nitrogens with zero attached hydrogens (tertiary/aromatic N) is 1.